The lowest BCUT2D eigenvalue weighted by Gasteiger charge is -2.29. The number of hydrogen-bond acceptors (Lipinski definition) is 4. The van der Waals surface area contributed by atoms with Gasteiger partial charge in [-0.1, -0.05) is 57.2 Å². The fourth-order valence-corrected chi connectivity index (χ4v) is 3.57. The van der Waals surface area contributed by atoms with Gasteiger partial charge in [-0.25, -0.2) is 0 Å². The summed E-state index contributed by atoms with van der Waals surface area (Å²) in [7, 11) is 0. The van der Waals surface area contributed by atoms with Crippen LogP contribution in [0.15, 0.2) is 48.5 Å². The first-order valence-corrected chi connectivity index (χ1v) is 10.8. The van der Waals surface area contributed by atoms with Gasteiger partial charge >= 0.3 is 0 Å². The standard InChI is InChI=1S/C25H34N2O3/c1-25(2,3)21-9-4-19(5-10-21)6-13-24(29)26-18-23(28)20-7-11-22(12-8-20)27-14-16-30-17-15-27/h4-5,7-12,23,28H,6,13-18H2,1-3H3,(H,26,29). The largest absolute Gasteiger partial charge is 0.387 e. The van der Waals surface area contributed by atoms with Gasteiger partial charge in [-0.15, -0.1) is 0 Å². The minimum Gasteiger partial charge on any atom is -0.387 e. The van der Waals surface area contributed by atoms with Crippen molar-refractivity contribution in [1.29, 1.82) is 0 Å². The van der Waals surface area contributed by atoms with Crippen LogP contribution >= 0.6 is 0 Å². The van der Waals surface area contributed by atoms with Crippen LogP contribution in [-0.2, 0) is 21.4 Å². The molecule has 3 rings (SSSR count). The second-order valence-corrected chi connectivity index (χ2v) is 8.96. The number of ether oxygens (including phenoxy) is 1. The van der Waals surface area contributed by atoms with Gasteiger partial charge in [0.05, 0.1) is 19.3 Å². The fraction of sp³-hybridized carbons (Fsp3) is 0.480. The van der Waals surface area contributed by atoms with Gasteiger partial charge in [0.25, 0.3) is 0 Å². The van der Waals surface area contributed by atoms with E-state index in [1.54, 1.807) is 0 Å². The molecule has 0 spiro atoms. The summed E-state index contributed by atoms with van der Waals surface area (Å²) in [5.74, 6) is -0.0427. The van der Waals surface area contributed by atoms with Crippen LogP contribution in [0.4, 0.5) is 5.69 Å². The molecule has 2 N–H and O–H groups in total. The second kappa shape index (κ2) is 10.1. The highest BCUT2D eigenvalue weighted by atomic mass is 16.5. The second-order valence-electron chi connectivity index (χ2n) is 8.96. The van der Waals surface area contributed by atoms with Crippen molar-refractivity contribution in [3.05, 3.63) is 65.2 Å². The number of carbonyl (C=O) groups excluding carboxylic acids is 1. The Hall–Kier alpha value is -2.37. The lowest BCUT2D eigenvalue weighted by atomic mass is 9.86. The Kier molecular flexibility index (Phi) is 7.51. The van der Waals surface area contributed by atoms with Gasteiger partial charge in [0.2, 0.25) is 5.91 Å². The van der Waals surface area contributed by atoms with Crippen LogP contribution in [-0.4, -0.2) is 43.9 Å². The Morgan fingerprint density at radius 3 is 2.30 bits per heavy atom. The molecule has 5 nitrogen and oxygen atoms in total. The molecule has 0 bridgehead atoms. The lowest BCUT2D eigenvalue weighted by Crippen LogP contribution is -2.36. The summed E-state index contributed by atoms with van der Waals surface area (Å²) in [6.45, 7) is 10.1. The van der Waals surface area contributed by atoms with E-state index in [9.17, 15) is 9.90 Å². The first-order chi connectivity index (χ1) is 14.3. The average Bonchev–Trinajstić information content (AvgIpc) is 2.76. The van der Waals surface area contributed by atoms with E-state index in [1.165, 1.54) is 5.56 Å². The van der Waals surface area contributed by atoms with Crippen LogP contribution in [0.25, 0.3) is 0 Å². The Labute approximate surface area is 180 Å². The quantitative estimate of drug-likeness (QED) is 0.732. The first kappa shape index (κ1) is 22.3. The van der Waals surface area contributed by atoms with Gasteiger partial charge in [0, 0.05) is 31.7 Å². The number of hydrogen-bond donors (Lipinski definition) is 2. The number of nitrogens with zero attached hydrogens (tertiary/aromatic N) is 1. The third-order valence-electron chi connectivity index (χ3n) is 5.61. The molecule has 1 amide bonds. The summed E-state index contributed by atoms with van der Waals surface area (Å²) in [6, 6.07) is 16.4. The summed E-state index contributed by atoms with van der Waals surface area (Å²) in [5.41, 5.74) is 4.52. The number of aryl methyl sites for hydroxylation is 1. The Bertz CT molecular complexity index is 804. The molecule has 1 aliphatic rings. The molecule has 2 aromatic rings. The molecule has 1 heterocycles. The van der Waals surface area contributed by atoms with Gasteiger partial charge in [0.1, 0.15) is 0 Å². The molecule has 1 fully saturated rings. The third kappa shape index (κ3) is 6.31. The number of rotatable bonds is 7. The lowest BCUT2D eigenvalue weighted by molar-refractivity contribution is -0.121. The normalized spacial score (nSPS) is 15.7. The van der Waals surface area contributed by atoms with E-state index in [-0.39, 0.29) is 17.9 Å². The maximum atomic E-state index is 12.2. The highest BCUT2D eigenvalue weighted by Crippen LogP contribution is 2.23. The van der Waals surface area contributed by atoms with E-state index < -0.39 is 6.10 Å². The molecule has 2 aromatic carbocycles. The van der Waals surface area contributed by atoms with Crippen LogP contribution in [0, 0.1) is 0 Å². The molecule has 5 heteroatoms. The van der Waals surface area contributed by atoms with Crippen molar-refractivity contribution in [1.82, 2.24) is 5.32 Å². The van der Waals surface area contributed by atoms with Crippen LogP contribution in [0.2, 0.25) is 0 Å². The van der Waals surface area contributed by atoms with Crippen LogP contribution < -0.4 is 10.2 Å². The van der Waals surface area contributed by atoms with Crippen molar-refractivity contribution >= 4 is 11.6 Å². The Morgan fingerprint density at radius 2 is 1.70 bits per heavy atom. The highest BCUT2D eigenvalue weighted by Gasteiger charge is 2.15. The Morgan fingerprint density at radius 1 is 1.07 bits per heavy atom. The van der Waals surface area contributed by atoms with Gasteiger partial charge in [-0.05, 0) is 40.7 Å². The number of morpholine rings is 1. The van der Waals surface area contributed by atoms with E-state index in [1.807, 2.05) is 24.3 Å². The predicted octanol–water partition coefficient (Wildman–Crippen LogP) is 3.60. The molecule has 0 aliphatic carbocycles. The molecule has 1 unspecified atom stereocenters. The number of benzene rings is 2. The van der Waals surface area contributed by atoms with Crippen LogP contribution in [0.5, 0.6) is 0 Å². The average molecular weight is 411 g/mol. The minimum absolute atomic E-state index is 0.0427. The van der Waals surface area contributed by atoms with Gasteiger partial charge in [-0.3, -0.25) is 4.79 Å². The zero-order chi connectivity index (χ0) is 21.6. The molecule has 0 radical (unpaired) electrons. The maximum absolute atomic E-state index is 12.2. The molecular formula is C25H34N2O3. The number of aliphatic hydroxyl groups excluding tert-OH is 1. The van der Waals surface area contributed by atoms with Gasteiger partial charge in [-0.2, -0.15) is 0 Å². The SMILES string of the molecule is CC(C)(C)c1ccc(CCC(=O)NCC(O)c2ccc(N3CCOCC3)cc2)cc1. The topological polar surface area (TPSA) is 61.8 Å². The number of carbonyl (C=O) groups is 1. The summed E-state index contributed by atoms with van der Waals surface area (Å²) in [5, 5.41) is 13.3. The van der Waals surface area contributed by atoms with Crippen molar-refractivity contribution in [2.75, 3.05) is 37.7 Å². The predicted molar refractivity (Wildman–Crippen MR) is 121 cm³/mol. The van der Waals surface area contributed by atoms with E-state index in [0.717, 1.165) is 43.1 Å². The van der Waals surface area contributed by atoms with Gasteiger partial charge < -0.3 is 20.1 Å². The van der Waals surface area contributed by atoms with Crippen molar-refractivity contribution in [3.63, 3.8) is 0 Å². The van der Waals surface area contributed by atoms with Crippen LogP contribution in [0.3, 0.4) is 0 Å². The van der Waals surface area contributed by atoms with Crippen molar-refractivity contribution in [2.45, 2.75) is 45.1 Å². The molecule has 1 atom stereocenters. The van der Waals surface area contributed by atoms with E-state index in [4.69, 9.17) is 4.74 Å². The van der Waals surface area contributed by atoms with Crippen molar-refractivity contribution in [2.24, 2.45) is 0 Å². The molecular weight excluding hydrogens is 376 g/mol. The number of anilines is 1. The summed E-state index contributed by atoms with van der Waals surface area (Å²) < 4.78 is 5.38. The molecule has 0 saturated carbocycles. The molecule has 30 heavy (non-hydrogen) atoms. The third-order valence-corrected chi connectivity index (χ3v) is 5.61. The number of amides is 1. The van der Waals surface area contributed by atoms with E-state index >= 15 is 0 Å². The number of aliphatic hydroxyl groups is 1. The Balaban J connectivity index is 1.42. The molecule has 1 aliphatic heterocycles. The van der Waals surface area contributed by atoms with E-state index in [0.29, 0.717) is 12.8 Å². The number of nitrogens with one attached hydrogen (secondary N) is 1. The summed E-state index contributed by atoms with van der Waals surface area (Å²) in [4.78, 5) is 14.5. The van der Waals surface area contributed by atoms with E-state index in [2.05, 4.69) is 55.3 Å². The zero-order valence-corrected chi connectivity index (χ0v) is 18.4. The minimum atomic E-state index is -0.709. The monoisotopic (exact) mass is 410 g/mol. The summed E-state index contributed by atoms with van der Waals surface area (Å²) in [6.07, 6.45) is 0.400. The van der Waals surface area contributed by atoms with Gasteiger partial charge in [0.15, 0.2) is 0 Å². The van der Waals surface area contributed by atoms with Crippen LogP contribution in [0.1, 0.15) is 50.0 Å². The fourth-order valence-electron chi connectivity index (χ4n) is 3.57. The molecule has 1 saturated heterocycles. The molecule has 0 aromatic heterocycles. The highest BCUT2D eigenvalue weighted by molar-refractivity contribution is 5.76. The summed E-state index contributed by atoms with van der Waals surface area (Å²) >= 11 is 0. The van der Waals surface area contributed by atoms with Crippen molar-refractivity contribution < 1.29 is 14.6 Å². The maximum Gasteiger partial charge on any atom is 0.220 e. The zero-order valence-electron chi connectivity index (χ0n) is 18.4. The van der Waals surface area contributed by atoms with Crippen molar-refractivity contribution in [3.8, 4) is 0 Å². The molecule has 162 valence electrons. The smallest absolute Gasteiger partial charge is 0.220 e. The first-order valence-electron chi connectivity index (χ1n) is 10.8.